The summed E-state index contributed by atoms with van der Waals surface area (Å²) in [5.74, 6) is 0.990. The van der Waals surface area contributed by atoms with Crippen molar-refractivity contribution in [2.24, 2.45) is 56.7 Å². The van der Waals surface area contributed by atoms with E-state index in [9.17, 15) is 20.1 Å². The molecule has 4 nitrogen and oxygen atoms in total. The second-order valence-corrected chi connectivity index (χ2v) is 14.6. The van der Waals surface area contributed by atoms with Crippen molar-refractivity contribution < 1.29 is 20.1 Å². The van der Waals surface area contributed by atoms with Gasteiger partial charge >= 0.3 is 5.97 Å². The van der Waals surface area contributed by atoms with E-state index in [0.29, 0.717) is 23.3 Å². The summed E-state index contributed by atoms with van der Waals surface area (Å²) in [5.41, 5.74) is 0.799. The van der Waals surface area contributed by atoms with Crippen molar-refractivity contribution in [1.29, 1.82) is 0 Å². The zero-order valence-electron chi connectivity index (χ0n) is 22.2. The Hall–Kier alpha value is -0.870. The monoisotopic (exact) mass is 472 g/mol. The average molecular weight is 473 g/mol. The van der Waals surface area contributed by atoms with Crippen molar-refractivity contribution in [3.8, 4) is 0 Å². The molecule has 0 radical (unpaired) electrons. The maximum Gasteiger partial charge on any atom is 0.331 e. The summed E-state index contributed by atoms with van der Waals surface area (Å²) in [6.45, 7) is 16.5. The molecule has 0 saturated heterocycles. The van der Waals surface area contributed by atoms with Crippen LogP contribution in [0.5, 0.6) is 0 Å². The number of rotatable bonds is 3. The van der Waals surface area contributed by atoms with Crippen LogP contribution in [0.4, 0.5) is 0 Å². The Morgan fingerprint density at radius 1 is 0.853 bits per heavy atom. The first-order chi connectivity index (χ1) is 15.8. The van der Waals surface area contributed by atoms with Crippen LogP contribution in [0, 0.1) is 56.7 Å². The first-order valence-corrected chi connectivity index (χ1v) is 14.0. The Labute approximate surface area is 206 Å². The van der Waals surface area contributed by atoms with Crippen molar-refractivity contribution in [3.05, 3.63) is 12.2 Å². The third-order valence-electron chi connectivity index (χ3n) is 13.6. The molecule has 0 bridgehead atoms. The largest absolute Gasteiger partial charge is 0.478 e. The first kappa shape index (κ1) is 24.8. The van der Waals surface area contributed by atoms with Gasteiger partial charge in [0.15, 0.2) is 0 Å². The minimum absolute atomic E-state index is 0.00916. The second-order valence-electron chi connectivity index (χ2n) is 14.6. The van der Waals surface area contributed by atoms with Crippen molar-refractivity contribution in [3.63, 3.8) is 0 Å². The average Bonchev–Trinajstić information content (AvgIpc) is 3.16. The highest BCUT2D eigenvalue weighted by Crippen LogP contribution is 2.77. The Kier molecular flexibility index (Phi) is 5.52. The molecule has 3 N–H and O–H groups in total. The van der Waals surface area contributed by atoms with Gasteiger partial charge in [0, 0.05) is 12.2 Å². The summed E-state index contributed by atoms with van der Waals surface area (Å²) in [5, 5.41) is 31.4. The van der Waals surface area contributed by atoms with E-state index in [0.717, 1.165) is 44.9 Å². The van der Waals surface area contributed by atoms with Crippen LogP contribution in [-0.4, -0.2) is 34.0 Å². The molecule has 0 aromatic heterocycles. The topological polar surface area (TPSA) is 77.8 Å². The molecule has 5 fully saturated rings. The van der Waals surface area contributed by atoms with Gasteiger partial charge in [0.1, 0.15) is 0 Å². The third-order valence-corrected chi connectivity index (χ3v) is 13.6. The van der Waals surface area contributed by atoms with E-state index in [1.54, 1.807) is 0 Å². The van der Waals surface area contributed by atoms with E-state index >= 15 is 0 Å². The fourth-order valence-electron chi connectivity index (χ4n) is 11.5. The van der Waals surface area contributed by atoms with Gasteiger partial charge in [-0.3, -0.25) is 0 Å². The van der Waals surface area contributed by atoms with Crippen molar-refractivity contribution in [1.82, 2.24) is 0 Å². The fourth-order valence-corrected chi connectivity index (χ4v) is 11.5. The van der Waals surface area contributed by atoms with E-state index in [1.807, 2.05) is 0 Å². The second kappa shape index (κ2) is 7.57. The van der Waals surface area contributed by atoms with Gasteiger partial charge in [0.25, 0.3) is 0 Å². The number of carboxylic acid groups (broad SMARTS) is 1. The Morgan fingerprint density at radius 2 is 1.56 bits per heavy atom. The summed E-state index contributed by atoms with van der Waals surface area (Å²) >= 11 is 0. The summed E-state index contributed by atoms with van der Waals surface area (Å²) in [6, 6.07) is 0. The highest BCUT2D eigenvalue weighted by Gasteiger charge is 2.70. The highest BCUT2D eigenvalue weighted by molar-refractivity contribution is 5.86. The van der Waals surface area contributed by atoms with Crippen LogP contribution in [0.1, 0.15) is 98.8 Å². The number of hydrogen-bond acceptors (Lipinski definition) is 3. The molecule has 4 heteroatoms. The summed E-state index contributed by atoms with van der Waals surface area (Å²) in [6.07, 6.45) is 10.5. The quantitative estimate of drug-likeness (QED) is 0.436. The number of hydrogen-bond donors (Lipinski definition) is 3. The molecular formula is C30H48O4. The lowest BCUT2D eigenvalue weighted by Gasteiger charge is -2.73. The minimum atomic E-state index is -0.859. The van der Waals surface area contributed by atoms with Crippen LogP contribution in [0.15, 0.2) is 12.2 Å². The molecule has 0 spiro atoms. The summed E-state index contributed by atoms with van der Waals surface area (Å²) < 4.78 is 0. The molecule has 0 aliphatic heterocycles. The Morgan fingerprint density at radius 3 is 2.21 bits per heavy atom. The molecule has 0 heterocycles. The predicted molar refractivity (Wildman–Crippen MR) is 134 cm³/mol. The van der Waals surface area contributed by atoms with Gasteiger partial charge in [0.2, 0.25) is 0 Å². The van der Waals surface area contributed by atoms with Crippen molar-refractivity contribution in [2.45, 2.75) is 105 Å². The minimum Gasteiger partial charge on any atom is -0.478 e. The standard InChI is InChI=1S/C30H48O4/c1-18(25(33)34)19-9-14-30(17-31)16-15-28(5)20(24(19)30)7-8-22-27(4)12-11-23(32)26(2,3)21(27)10-13-29(22,28)6/h19-24,31-32H,1,7-17H2,2-6H3,(H,33,34)/t19-,20?,21?,22?,23-,24?,27-,28+,29+,30+/m0/s1. The molecule has 0 aromatic rings. The van der Waals surface area contributed by atoms with Crippen LogP contribution in [-0.2, 0) is 4.79 Å². The van der Waals surface area contributed by atoms with Gasteiger partial charge in [-0.15, -0.1) is 0 Å². The maximum absolute atomic E-state index is 12.0. The molecule has 192 valence electrons. The number of aliphatic carboxylic acids is 1. The Balaban J connectivity index is 1.55. The molecule has 10 atom stereocenters. The van der Waals surface area contributed by atoms with E-state index < -0.39 is 5.97 Å². The lowest BCUT2D eigenvalue weighted by Crippen LogP contribution is -2.66. The van der Waals surface area contributed by atoms with Crippen LogP contribution >= 0.6 is 0 Å². The van der Waals surface area contributed by atoms with Crippen LogP contribution in [0.2, 0.25) is 0 Å². The number of fused-ring (bicyclic) bond motifs is 7. The van der Waals surface area contributed by atoms with Crippen molar-refractivity contribution >= 4 is 5.97 Å². The molecule has 5 saturated carbocycles. The first-order valence-electron chi connectivity index (χ1n) is 14.0. The van der Waals surface area contributed by atoms with Gasteiger partial charge < -0.3 is 15.3 Å². The van der Waals surface area contributed by atoms with E-state index in [2.05, 4.69) is 41.2 Å². The smallest absolute Gasteiger partial charge is 0.331 e. The lowest BCUT2D eigenvalue weighted by atomic mass is 9.32. The van der Waals surface area contributed by atoms with E-state index in [1.165, 1.54) is 19.3 Å². The number of carboxylic acids is 1. The van der Waals surface area contributed by atoms with E-state index in [-0.39, 0.29) is 51.6 Å². The van der Waals surface area contributed by atoms with Crippen LogP contribution < -0.4 is 0 Å². The molecule has 34 heavy (non-hydrogen) atoms. The van der Waals surface area contributed by atoms with Crippen molar-refractivity contribution in [2.75, 3.05) is 6.61 Å². The molecule has 4 unspecified atom stereocenters. The molecule has 0 amide bonds. The summed E-state index contributed by atoms with van der Waals surface area (Å²) in [4.78, 5) is 12.0. The fraction of sp³-hybridized carbons (Fsp3) is 0.900. The molecule has 0 aromatic carbocycles. The predicted octanol–water partition coefficient (Wildman–Crippen LogP) is 6.06. The third kappa shape index (κ3) is 2.88. The highest BCUT2D eigenvalue weighted by atomic mass is 16.4. The molecule has 5 aliphatic carbocycles. The zero-order valence-corrected chi connectivity index (χ0v) is 22.2. The number of aliphatic hydroxyl groups is 2. The normalized spacial score (nSPS) is 53.7. The number of carbonyl (C=O) groups is 1. The Bertz CT molecular complexity index is 879. The van der Waals surface area contributed by atoms with Gasteiger partial charge in [-0.05, 0) is 121 Å². The van der Waals surface area contributed by atoms with E-state index in [4.69, 9.17) is 0 Å². The van der Waals surface area contributed by atoms with Gasteiger partial charge in [-0.25, -0.2) is 4.79 Å². The molecule has 5 rings (SSSR count). The van der Waals surface area contributed by atoms with Crippen LogP contribution in [0.3, 0.4) is 0 Å². The molecular weight excluding hydrogens is 424 g/mol. The van der Waals surface area contributed by atoms with Gasteiger partial charge in [-0.2, -0.15) is 0 Å². The maximum atomic E-state index is 12.0. The number of aliphatic hydroxyl groups excluding tert-OH is 2. The van der Waals surface area contributed by atoms with Crippen LogP contribution in [0.25, 0.3) is 0 Å². The summed E-state index contributed by atoms with van der Waals surface area (Å²) in [7, 11) is 0. The van der Waals surface area contributed by atoms with Gasteiger partial charge in [-0.1, -0.05) is 41.2 Å². The lowest BCUT2D eigenvalue weighted by molar-refractivity contribution is -0.249. The zero-order chi connectivity index (χ0) is 24.9. The SMILES string of the molecule is C=C(C(=O)O)[C@@H]1CC[C@]2(CO)CC[C@]3(C)C(CCC4[C@@]5(C)CC[C@H](O)C(C)(C)C5CC[C@]43C)C12. The van der Waals surface area contributed by atoms with Gasteiger partial charge in [0.05, 0.1) is 6.10 Å². The molecule has 5 aliphatic rings.